The lowest BCUT2D eigenvalue weighted by atomic mass is 10.2. The quantitative estimate of drug-likeness (QED) is 0.561. The fourth-order valence-electron chi connectivity index (χ4n) is 1.97. The highest BCUT2D eigenvalue weighted by Gasteiger charge is 2.52. The van der Waals surface area contributed by atoms with Gasteiger partial charge in [0, 0.05) is 0 Å². The number of fused-ring (bicyclic) bond motifs is 1. The van der Waals surface area contributed by atoms with Crippen molar-refractivity contribution in [3.05, 3.63) is 0 Å². The van der Waals surface area contributed by atoms with E-state index >= 15 is 0 Å². The first-order valence-corrected chi connectivity index (χ1v) is 7.12. The molecule has 2 rings (SSSR count). The summed E-state index contributed by atoms with van der Waals surface area (Å²) in [4.78, 5) is 0. The largest absolute Gasteiger partial charge is 0.323 e. The summed E-state index contributed by atoms with van der Waals surface area (Å²) in [7, 11) is -2.90. The molecule has 0 spiro atoms. The number of nitrogens with one attached hydrogen (secondary N) is 1. The third-order valence-electron chi connectivity index (χ3n) is 2.58. The Balaban J connectivity index is 2.07. The molecule has 0 aromatic carbocycles. The van der Waals surface area contributed by atoms with Gasteiger partial charge in [-0.15, -0.1) is 0 Å². The lowest BCUT2D eigenvalue weighted by molar-refractivity contribution is -0.698. The normalized spacial score (nSPS) is 41.2. The molecule has 2 aliphatic heterocycles. The fourth-order valence-corrected chi connectivity index (χ4v) is 4.34. The highest BCUT2D eigenvalue weighted by atomic mass is 35.6. The van der Waals surface area contributed by atoms with E-state index in [0.29, 0.717) is 0 Å². The van der Waals surface area contributed by atoms with Crippen LogP contribution < -0.4 is 10.6 Å². The maximum atomic E-state index is 11.2. The standard InChI is InChI=1S/C6H9Cl3N2O2S/c7-6(8,9)5-10-3-1-14(12,13)2-4(3)11-5/h3-5,10-11H,1-2H2/p+1. The highest BCUT2D eigenvalue weighted by Crippen LogP contribution is 2.30. The Kier molecular flexibility index (Phi) is 2.70. The Bertz CT molecular complexity index is 319. The molecule has 0 aromatic rings. The summed E-state index contributed by atoms with van der Waals surface area (Å²) >= 11 is 17.1. The van der Waals surface area contributed by atoms with Gasteiger partial charge in [0.25, 0.3) is 3.79 Å². The van der Waals surface area contributed by atoms with Gasteiger partial charge < -0.3 is 5.32 Å². The SMILES string of the molecule is O=S1(=O)CC2NC(C(Cl)(Cl)Cl)[NH2+]C2C1. The van der Waals surface area contributed by atoms with E-state index in [0.717, 1.165) is 0 Å². The average molecular weight is 281 g/mol. The molecule has 0 aliphatic carbocycles. The average Bonchev–Trinajstić information content (AvgIpc) is 2.37. The van der Waals surface area contributed by atoms with Crippen LogP contribution in [0, 0.1) is 0 Å². The highest BCUT2D eigenvalue weighted by molar-refractivity contribution is 7.91. The maximum Gasteiger partial charge on any atom is 0.256 e. The monoisotopic (exact) mass is 279 g/mol. The van der Waals surface area contributed by atoms with Gasteiger partial charge in [-0.2, -0.15) is 0 Å². The second-order valence-corrected chi connectivity index (χ2v) is 8.25. The van der Waals surface area contributed by atoms with Gasteiger partial charge in [0.05, 0.1) is 11.8 Å². The fraction of sp³-hybridized carbons (Fsp3) is 1.00. The van der Waals surface area contributed by atoms with Gasteiger partial charge in [0.2, 0.25) is 0 Å². The zero-order chi connectivity index (χ0) is 10.6. The van der Waals surface area contributed by atoms with Gasteiger partial charge >= 0.3 is 0 Å². The van der Waals surface area contributed by atoms with Crippen LogP contribution in [0.3, 0.4) is 0 Å². The van der Waals surface area contributed by atoms with E-state index < -0.39 is 13.6 Å². The smallest absolute Gasteiger partial charge is 0.256 e. The molecular formula is C6H10Cl3N2O2S+. The Morgan fingerprint density at radius 1 is 1.29 bits per heavy atom. The zero-order valence-corrected chi connectivity index (χ0v) is 10.2. The Morgan fingerprint density at radius 3 is 2.43 bits per heavy atom. The van der Waals surface area contributed by atoms with Gasteiger partial charge in [-0.1, -0.05) is 34.8 Å². The number of hydrogen-bond acceptors (Lipinski definition) is 3. The molecular weight excluding hydrogens is 271 g/mol. The molecule has 3 N–H and O–H groups in total. The van der Waals surface area contributed by atoms with Gasteiger partial charge in [-0.25, -0.2) is 8.42 Å². The molecule has 4 nitrogen and oxygen atoms in total. The number of halogens is 3. The number of quaternary nitrogens is 1. The third kappa shape index (κ3) is 2.13. The van der Waals surface area contributed by atoms with Crippen LogP contribution in [0.1, 0.15) is 0 Å². The second kappa shape index (κ2) is 3.37. The summed E-state index contributed by atoms with van der Waals surface area (Å²) in [5, 5.41) is 4.81. The molecule has 2 aliphatic rings. The van der Waals surface area contributed by atoms with E-state index in [2.05, 4.69) is 5.32 Å². The van der Waals surface area contributed by atoms with Crippen molar-refractivity contribution >= 4 is 44.6 Å². The van der Waals surface area contributed by atoms with Crippen LogP contribution in [-0.2, 0) is 9.84 Å². The summed E-state index contributed by atoms with van der Waals surface area (Å²) in [5.74, 6) is 0.313. The Morgan fingerprint density at radius 2 is 1.93 bits per heavy atom. The van der Waals surface area contributed by atoms with Crippen molar-refractivity contribution in [3.63, 3.8) is 0 Å². The molecule has 0 bridgehead atoms. The van der Waals surface area contributed by atoms with Crippen molar-refractivity contribution < 1.29 is 13.7 Å². The summed E-state index contributed by atoms with van der Waals surface area (Å²) in [5.41, 5.74) is 0. The molecule has 82 valence electrons. The van der Waals surface area contributed by atoms with Crippen molar-refractivity contribution in [2.24, 2.45) is 0 Å². The van der Waals surface area contributed by atoms with Crippen molar-refractivity contribution in [3.8, 4) is 0 Å². The predicted molar refractivity (Wildman–Crippen MR) is 55.4 cm³/mol. The van der Waals surface area contributed by atoms with Crippen LogP contribution in [0.5, 0.6) is 0 Å². The van der Waals surface area contributed by atoms with Crippen molar-refractivity contribution in [1.29, 1.82) is 0 Å². The van der Waals surface area contributed by atoms with Crippen LogP contribution in [-0.4, -0.2) is 42.0 Å². The second-order valence-electron chi connectivity index (χ2n) is 3.73. The van der Waals surface area contributed by atoms with E-state index in [4.69, 9.17) is 34.8 Å². The molecule has 0 radical (unpaired) electrons. The molecule has 2 heterocycles. The number of alkyl halides is 3. The van der Waals surface area contributed by atoms with Crippen molar-refractivity contribution in [2.75, 3.05) is 11.5 Å². The zero-order valence-electron chi connectivity index (χ0n) is 7.08. The lowest BCUT2D eigenvalue weighted by Gasteiger charge is -2.17. The molecule has 0 amide bonds. The molecule has 0 aromatic heterocycles. The molecule has 14 heavy (non-hydrogen) atoms. The topological polar surface area (TPSA) is 62.8 Å². The van der Waals surface area contributed by atoms with Crippen LogP contribution in [0.2, 0.25) is 0 Å². The minimum Gasteiger partial charge on any atom is -0.323 e. The molecule has 2 fully saturated rings. The van der Waals surface area contributed by atoms with Crippen molar-refractivity contribution in [1.82, 2.24) is 5.32 Å². The summed E-state index contributed by atoms with van der Waals surface area (Å²) in [6, 6.07) is -0.0961. The van der Waals surface area contributed by atoms with Crippen molar-refractivity contribution in [2.45, 2.75) is 22.0 Å². The van der Waals surface area contributed by atoms with Crippen LogP contribution in [0.15, 0.2) is 0 Å². The molecule has 3 unspecified atom stereocenters. The van der Waals surface area contributed by atoms with Crippen LogP contribution in [0.4, 0.5) is 0 Å². The summed E-state index contributed by atoms with van der Waals surface area (Å²) in [6.07, 6.45) is -0.349. The number of rotatable bonds is 0. The molecule has 8 heteroatoms. The first kappa shape index (κ1) is 11.2. The molecule has 3 atom stereocenters. The minimum absolute atomic E-state index is 0.0133. The number of sulfone groups is 1. The van der Waals surface area contributed by atoms with Gasteiger partial charge in [0.15, 0.2) is 16.0 Å². The van der Waals surface area contributed by atoms with E-state index in [1.54, 1.807) is 5.32 Å². The van der Waals surface area contributed by atoms with E-state index in [1.165, 1.54) is 0 Å². The predicted octanol–water partition coefficient (Wildman–Crippen LogP) is -0.985. The number of hydrogen-bond donors (Lipinski definition) is 2. The van der Waals surface area contributed by atoms with Crippen LogP contribution >= 0.6 is 34.8 Å². The first-order chi connectivity index (χ1) is 6.28. The van der Waals surface area contributed by atoms with Gasteiger partial charge in [-0.3, -0.25) is 5.32 Å². The van der Waals surface area contributed by atoms with E-state index in [1.807, 2.05) is 0 Å². The van der Waals surface area contributed by atoms with Gasteiger partial charge in [-0.05, 0) is 0 Å². The number of nitrogens with two attached hydrogens (primary N) is 1. The minimum atomic E-state index is -2.90. The maximum absolute atomic E-state index is 11.2. The Hall–Kier alpha value is 0.740. The first-order valence-electron chi connectivity index (χ1n) is 4.16. The molecule has 2 saturated heterocycles. The summed E-state index contributed by atoms with van der Waals surface area (Å²) in [6.45, 7) is 0. The Labute approximate surface area is 97.2 Å². The van der Waals surface area contributed by atoms with E-state index in [-0.39, 0.29) is 29.8 Å². The lowest BCUT2D eigenvalue weighted by Crippen LogP contribution is -2.96. The van der Waals surface area contributed by atoms with E-state index in [9.17, 15) is 8.42 Å². The summed E-state index contributed by atoms with van der Waals surface area (Å²) < 4.78 is 21.1. The molecule has 0 saturated carbocycles. The van der Waals surface area contributed by atoms with Crippen LogP contribution in [0.25, 0.3) is 0 Å². The third-order valence-corrected chi connectivity index (χ3v) is 5.05. The van der Waals surface area contributed by atoms with Gasteiger partial charge in [0.1, 0.15) is 11.8 Å².